The minimum Gasteiger partial charge on any atom is -0.406 e. The third-order valence-corrected chi connectivity index (χ3v) is 6.45. The van der Waals surface area contributed by atoms with Gasteiger partial charge in [-0.25, -0.2) is 0 Å². The average Bonchev–Trinajstić information content (AvgIpc) is 2.73. The molecule has 32 heavy (non-hydrogen) atoms. The van der Waals surface area contributed by atoms with Gasteiger partial charge in [0.1, 0.15) is 5.75 Å². The van der Waals surface area contributed by atoms with Gasteiger partial charge in [-0.15, -0.1) is 13.2 Å². The van der Waals surface area contributed by atoms with Crippen molar-refractivity contribution in [1.29, 1.82) is 0 Å². The second kappa shape index (κ2) is 11.0. The molecule has 0 heterocycles. The van der Waals surface area contributed by atoms with E-state index in [4.69, 9.17) is 5.73 Å². The first-order valence-corrected chi connectivity index (χ1v) is 11.4. The molecule has 4 N–H and O–H groups in total. The summed E-state index contributed by atoms with van der Waals surface area (Å²) in [5.41, 5.74) is 6.64. The minimum atomic E-state index is -4.75. The molecule has 2 saturated carbocycles. The van der Waals surface area contributed by atoms with E-state index in [1.54, 1.807) is 6.07 Å². The summed E-state index contributed by atoms with van der Waals surface area (Å²) in [5, 5.41) is 5.92. The molecule has 0 unspecified atom stereocenters. The maximum atomic E-state index is 12.5. The summed E-state index contributed by atoms with van der Waals surface area (Å²) in [7, 11) is 0. The van der Waals surface area contributed by atoms with Crippen molar-refractivity contribution in [3.63, 3.8) is 0 Å². The van der Waals surface area contributed by atoms with E-state index in [9.17, 15) is 22.8 Å². The summed E-state index contributed by atoms with van der Waals surface area (Å²) < 4.78 is 40.9. The molecule has 0 aromatic heterocycles. The molecule has 1 aromatic carbocycles. The zero-order valence-electron chi connectivity index (χ0n) is 18.1. The Bertz CT molecular complexity index is 779. The Balaban J connectivity index is 1.36. The lowest BCUT2D eigenvalue weighted by atomic mass is 9.82. The number of rotatable bonds is 7. The molecule has 178 valence electrons. The highest BCUT2D eigenvalue weighted by atomic mass is 19.4. The Morgan fingerprint density at radius 3 is 2.47 bits per heavy atom. The van der Waals surface area contributed by atoms with Crippen LogP contribution in [-0.2, 0) is 16.1 Å². The van der Waals surface area contributed by atoms with Gasteiger partial charge in [0.2, 0.25) is 11.8 Å². The average molecular weight is 456 g/mol. The van der Waals surface area contributed by atoms with Gasteiger partial charge in [0.15, 0.2) is 0 Å². The van der Waals surface area contributed by atoms with Crippen molar-refractivity contribution < 1.29 is 27.5 Å². The van der Waals surface area contributed by atoms with Crippen molar-refractivity contribution in [2.45, 2.75) is 82.8 Å². The van der Waals surface area contributed by atoms with Crippen LogP contribution in [0.4, 0.5) is 13.2 Å². The molecule has 9 heteroatoms. The molecular formula is C23H32F3N3O3. The largest absolute Gasteiger partial charge is 0.573 e. The van der Waals surface area contributed by atoms with Crippen LogP contribution in [0.3, 0.4) is 0 Å². The van der Waals surface area contributed by atoms with E-state index < -0.39 is 6.36 Å². The number of alkyl halides is 3. The number of halogens is 3. The molecule has 0 bridgehead atoms. The third-order valence-electron chi connectivity index (χ3n) is 6.45. The van der Waals surface area contributed by atoms with E-state index in [0.717, 1.165) is 51.4 Å². The zero-order chi connectivity index (χ0) is 23.1. The lowest BCUT2D eigenvalue weighted by Gasteiger charge is -2.32. The first kappa shape index (κ1) is 24.4. The Labute approximate surface area is 186 Å². The first-order valence-electron chi connectivity index (χ1n) is 11.4. The standard InChI is InChI=1S/C23H32F3N3O3/c24-23(25,26)32-18-5-3-4-16(12-18)14-28-21(30)13-15-8-10-17(11-9-15)29-22(31)19-6-1-2-7-20(19)27/h3-5,12,15,17,19-20H,1-2,6-11,13-14,27H2,(H,28,30)(H,29,31)/t15-,17+,19-,20-/m0/s1. The molecule has 2 fully saturated rings. The molecule has 3 rings (SSSR count). The maximum absolute atomic E-state index is 12.5. The van der Waals surface area contributed by atoms with Gasteiger partial charge in [-0.1, -0.05) is 25.0 Å². The maximum Gasteiger partial charge on any atom is 0.573 e. The van der Waals surface area contributed by atoms with Gasteiger partial charge in [-0.3, -0.25) is 9.59 Å². The molecule has 0 saturated heterocycles. The monoisotopic (exact) mass is 455 g/mol. The molecule has 2 atom stereocenters. The number of carbonyl (C=O) groups is 2. The number of carbonyl (C=O) groups excluding carboxylic acids is 2. The molecule has 1 aromatic rings. The van der Waals surface area contributed by atoms with Gasteiger partial charge >= 0.3 is 6.36 Å². The van der Waals surface area contributed by atoms with Gasteiger partial charge in [-0.2, -0.15) is 0 Å². The van der Waals surface area contributed by atoms with Crippen LogP contribution in [-0.4, -0.2) is 30.3 Å². The highest BCUT2D eigenvalue weighted by Gasteiger charge is 2.32. The summed E-state index contributed by atoms with van der Waals surface area (Å²) >= 11 is 0. The number of hydrogen-bond acceptors (Lipinski definition) is 4. The SMILES string of the molecule is N[C@H]1CCCC[C@@H]1C(=O)N[C@H]1CC[C@@H](CC(=O)NCc2cccc(OC(F)(F)F)c2)CC1. The van der Waals surface area contributed by atoms with Gasteiger partial charge in [-0.05, 0) is 62.1 Å². The van der Waals surface area contributed by atoms with Crippen LogP contribution in [0, 0.1) is 11.8 Å². The Kier molecular flexibility index (Phi) is 8.39. The van der Waals surface area contributed by atoms with Crippen molar-refractivity contribution in [3.8, 4) is 5.75 Å². The van der Waals surface area contributed by atoms with Crippen molar-refractivity contribution in [2.75, 3.05) is 0 Å². The second-order valence-corrected chi connectivity index (χ2v) is 8.96. The number of amides is 2. The smallest absolute Gasteiger partial charge is 0.406 e. The minimum absolute atomic E-state index is 0.0514. The molecule has 0 spiro atoms. The Hall–Kier alpha value is -2.29. The lowest BCUT2D eigenvalue weighted by molar-refractivity contribution is -0.274. The van der Waals surface area contributed by atoms with Crippen LogP contribution in [0.5, 0.6) is 5.75 Å². The van der Waals surface area contributed by atoms with Gasteiger partial charge in [0.05, 0.1) is 5.92 Å². The van der Waals surface area contributed by atoms with Crippen molar-refractivity contribution in [1.82, 2.24) is 10.6 Å². The fourth-order valence-corrected chi connectivity index (χ4v) is 4.69. The van der Waals surface area contributed by atoms with E-state index in [-0.39, 0.29) is 48.0 Å². The number of nitrogens with two attached hydrogens (primary N) is 1. The lowest BCUT2D eigenvalue weighted by Crippen LogP contribution is -2.47. The quantitative estimate of drug-likeness (QED) is 0.583. The molecule has 2 amide bonds. The third kappa shape index (κ3) is 7.69. The molecule has 2 aliphatic rings. The highest BCUT2D eigenvalue weighted by Crippen LogP contribution is 2.29. The predicted molar refractivity (Wildman–Crippen MR) is 113 cm³/mol. The normalized spacial score (nSPS) is 26.2. The van der Waals surface area contributed by atoms with Gasteiger partial charge < -0.3 is 21.1 Å². The Morgan fingerprint density at radius 1 is 1.06 bits per heavy atom. The van der Waals surface area contributed by atoms with Crippen LogP contribution in [0.15, 0.2) is 24.3 Å². The molecule has 2 aliphatic carbocycles. The van der Waals surface area contributed by atoms with Crippen LogP contribution in [0.2, 0.25) is 0 Å². The van der Waals surface area contributed by atoms with Gasteiger partial charge in [0, 0.05) is 25.0 Å². The fraction of sp³-hybridized carbons (Fsp3) is 0.652. The zero-order valence-corrected chi connectivity index (χ0v) is 18.1. The first-order chi connectivity index (χ1) is 15.2. The second-order valence-electron chi connectivity index (χ2n) is 8.96. The summed E-state index contributed by atoms with van der Waals surface area (Å²) in [6.45, 7) is 0.140. The van der Waals surface area contributed by atoms with Gasteiger partial charge in [0.25, 0.3) is 0 Å². The topological polar surface area (TPSA) is 93.5 Å². The van der Waals surface area contributed by atoms with Crippen molar-refractivity contribution >= 4 is 11.8 Å². The van der Waals surface area contributed by atoms with E-state index >= 15 is 0 Å². The molecule has 6 nitrogen and oxygen atoms in total. The van der Waals surface area contributed by atoms with Crippen LogP contribution < -0.4 is 21.1 Å². The number of nitrogens with one attached hydrogen (secondary N) is 2. The van der Waals surface area contributed by atoms with Crippen LogP contribution in [0.1, 0.15) is 63.4 Å². The number of ether oxygens (including phenoxy) is 1. The number of hydrogen-bond donors (Lipinski definition) is 3. The molecular weight excluding hydrogens is 423 g/mol. The van der Waals surface area contributed by atoms with Crippen LogP contribution >= 0.6 is 0 Å². The Morgan fingerprint density at radius 2 is 1.78 bits per heavy atom. The summed E-state index contributed by atoms with van der Waals surface area (Å²) in [6, 6.07) is 5.66. The van der Waals surface area contributed by atoms with E-state index in [0.29, 0.717) is 12.0 Å². The summed E-state index contributed by atoms with van der Waals surface area (Å²) in [6.07, 6.45) is 2.89. The van der Waals surface area contributed by atoms with E-state index in [2.05, 4.69) is 15.4 Å². The number of benzene rings is 1. The van der Waals surface area contributed by atoms with Crippen molar-refractivity contribution in [2.24, 2.45) is 17.6 Å². The molecule has 0 radical (unpaired) electrons. The van der Waals surface area contributed by atoms with Crippen LogP contribution in [0.25, 0.3) is 0 Å². The molecule has 0 aliphatic heterocycles. The van der Waals surface area contributed by atoms with E-state index in [1.165, 1.54) is 18.2 Å². The predicted octanol–water partition coefficient (Wildman–Crippen LogP) is 3.78. The summed E-state index contributed by atoms with van der Waals surface area (Å²) in [4.78, 5) is 24.8. The highest BCUT2D eigenvalue weighted by molar-refractivity contribution is 5.79. The summed E-state index contributed by atoms with van der Waals surface area (Å²) in [5.74, 6) is -0.228. The fourth-order valence-electron chi connectivity index (χ4n) is 4.69. The van der Waals surface area contributed by atoms with E-state index in [1.807, 2.05) is 0 Å². The van der Waals surface area contributed by atoms with Crippen molar-refractivity contribution in [3.05, 3.63) is 29.8 Å².